The molecule has 4 heteroatoms. The summed E-state index contributed by atoms with van der Waals surface area (Å²) in [5, 5.41) is 12.6. The van der Waals surface area contributed by atoms with E-state index >= 15 is 0 Å². The molecule has 0 saturated carbocycles. The van der Waals surface area contributed by atoms with Crippen LogP contribution in [0.5, 0.6) is 0 Å². The summed E-state index contributed by atoms with van der Waals surface area (Å²) >= 11 is 0. The molecule has 0 bridgehead atoms. The molecule has 4 nitrogen and oxygen atoms in total. The summed E-state index contributed by atoms with van der Waals surface area (Å²) in [6.07, 6.45) is 0.281. The van der Waals surface area contributed by atoms with E-state index in [1.54, 1.807) is 6.92 Å². The number of rotatable bonds is 7. The molecule has 0 fully saturated rings. The number of nitrogens with one attached hydrogen (secondary N) is 1. The minimum Gasteiger partial charge on any atom is -0.393 e. The fourth-order valence-corrected chi connectivity index (χ4v) is 3.33. The molecular formula is C21H30N2O2. The minimum atomic E-state index is -0.372. The van der Waals surface area contributed by atoms with Gasteiger partial charge in [0.2, 0.25) is 0 Å². The summed E-state index contributed by atoms with van der Waals surface area (Å²) in [5.74, 6) is -0.0499. The van der Waals surface area contributed by atoms with Crippen LogP contribution in [0.15, 0.2) is 36.4 Å². The third-order valence-electron chi connectivity index (χ3n) is 4.58. The molecule has 0 aliphatic rings. The number of carbonyl (C=O) groups excluding carboxylic acids is 1. The van der Waals surface area contributed by atoms with E-state index in [-0.39, 0.29) is 17.4 Å². The van der Waals surface area contributed by atoms with Crippen LogP contribution in [0.1, 0.15) is 54.5 Å². The molecule has 136 valence electrons. The van der Waals surface area contributed by atoms with E-state index in [0.717, 1.165) is 23.5 Å². The van der Waals surface area contributed by atoms with Crippen LogP contribution in [0.4, 0.5) is 0 Å². The van der Waals surface area contributed by atoms with Gasteiger partial charge in [0.05, 0.1) is 11.7 Å². The van der Waals surface area contributed by atoms with E-state index in [1.165, 1.54) is 5.56 Å². The van der Waals surface area contributed by atoms with Gasteiger partial charge < -0.3 is 15.0 Å². The molecule has 2 aromatic rings. The normalized spacial score (nSPS) is 12.9. The van der Waals surface area contributed by atoms with E-state index in [9.17, 15) is 9.90 Å². The first-order valence-electron chi connectivity index (χ1n) is 8.86. The highest BCUT2D eigenvalue weighted by molar-refractivity contribution is 5.95. The Morgan fingerprint density at radius 1 is 1.24 bits per heavy atom. The van der Waals surface area contributed by atoms with Gasteiger partial charge in [-0.2, -0.15) is 0 Å². The van der Waals surface area contributed by atoms with Crippen molar-refractivity contribution in [3.8, 4) is 0 Å². The van der Waals surface area contributed by atoms with E-state index in [2.05, 4.69) is 35.9 Å². The number of aromatic nitrogens is 1. The average Bonchev–Trinajstić information content (AvgIpc) is 2.81. The van der Waals surface area contributed by atoms with Crippen molar-refractivity contribution in [1.82, 2.24) is 9.88 Å². The molecule has 2 N–H and O–H groups in total. The van der Waals surface area contributed by atoms with Crippen LogP contribution in [-0.4, -0.2) is 28.2 Å². The zero-order chi connectivity index (χ0) is 18.6. The minimum absolute atomic E-state index is 0.0499. The molecule has 0 saturated heterocycles. The molecule has 1 aromatic heterocycles. The second kappa shape index (κ2) is 7.87. The maximum absolute atomic E-state index is 12.6. The van der Waals surface area contributed by atoms with Gasteiger partial charge in [-0.3, -0.25) is 4.79 Å². The maximum Gasteiger partial charge on any atom is 0.253 e. The van der Waals surface area contributed by atoms with Crippen molar-refractivity contribution in [3.63, 3.8) is 0 Å². The molecule has 25 heavy (non-hydrogen) atoms. The van der Waals surface area contributed by atoms with E-state index in [1.807, 2.05) is 38.1 Å². The van der Waals surface area contributed by atoms with Crippen molar-refractivity contribution in [2.75, 3.05) is 6.54 Å². The number of hydrogen-bond acceptors (Lipinski definition) is 2. The van der Waals surface area contributed by atoms with Gasteiger partial charge in [0.1, 0.15) is 0 Å². The first-order chi connectivity index (χ1) is 11.7. The van der Waals surface area contributed by atoms with E-state index in [0.29, 0.717) is 13.0 Å². The van der Waals surface area contributed by atoms with Crippen LogP contribution >= 0.6 is 0 Å². The molecule has 0 aliphatic carbocycles. The molecule has 0 radical (unpaired) electrons. The van der Waals surface area contributed by atoms with Crippen molar-refractivity contribution in [2.24, 2.45) is 5.41 Å². The van der Waals surface area contributed by atoms with Crippen molar-refractivity contribution in [1.29, 1.82) is 0 Å². The van der Waals surface area contributed by atoms with Gasteiger partial charge in [0.25, 0.3) is 5.91 Å². The number of benzene rings is 1. The number of aliphatic hydroxyl groups excluding tert-OH is 1. The smallest absolute Gasteiger partial charge is 0.253 e. The van der Waals surface area contributed by atoms with Crippen molar-refractivity contribution < 1.29 is 9.90 Å². The molecule has 2 rings (SSSR count). The maximum atomic E-state index is 12.6. The van der Waals surface area contributed by atoms with Crippen LogP contribution in [0, 0.1) is 19.3 Å². The summed E-state index contributed by atoms with van der Waals surface area (Å²) in [5.41, 5.74) is 3.86. The number of carbonyl (C=O) groups is 1. The van der Waals surface area contributed by atoms with Crippen molar-refractivity contribution in [2.45, 2.75) is 53.7 Å². The summed E-state index contributed by atoms with van der Waals surface area (Å²) < 4.78 is 2.17. The standard InChI is InChI=1S/C21H30N2O2/c1-15-11-19(20(25)22-14-21(4,5)12-16(2)24)17(3)23(15)13-18-9-7-6-8-10-18/h6-11,16,24H,12-14H2,1-5H3,(H,22,25). The Labute approximate surface area is 150 Å². The number of hydrogen-bond donors (Lipinski definition) is 2. The summed E-state index contributed by atoms with van der Waals surface area (Å²) in [4.78, 5) is 12.6. The van der Waals surface area contributed by atoms with Crippen LogP contribution in [0.3, 0.4) is 0 Å². The molecular weight excluding hydrogens is 312 g/mol. The van der Waals surface area contributed by atoms with Gasteiger partial charge in [-0.25, -0.2) is 0 Å². The second-order valence-electron chi connectivity index (χ2n) is 7.76. The van der Waals surface area contributed by atoms with Gasteiger partial charge in [-0.05, 0) is 44.2 Å². The van der Waals surface area contributed by atoms with E-state index < -0.39 is 0 Å². The number of aryl methyl sites for hydroxylation is 1. The number of aliphatic hydroxyl groups is 1. The highest BCUT2D eigenvalue weighted by Gasteiger charge is 2.23. The molecule has 1 amide bonds. The highest BCUT2D eigenvalue weighted by atomic mass is 16.3. The Morgan fingerprint density at radius 2 is 1.88 bits per heavy atom. The van der Waals surface area contributed by atoms with Gasteiger partial charge in [0, 0.05) is 24.5 Å². The molecule has 0 spiro atoms. The van der Waals surface area contributed by atoms with Crippen molar-refractivity contribution >= 4 is 5.91 Å². The lowest BCUT2D eigenvalue weighted by Crippen LogP contribution is -2.35. The fourth-order valence-electron chi connectivity index (χ4n) is 3.33. The lowest BCUT2D eigenvalue weighted by atomic mass is 9.87. The third-order valence-corrected chi connectivity index (χ3v) is 4.58. The molecule has 1 heterocycles. The number of nitrogens with zero attached hydrogens (tertiary/aromatic N) is 1. The lowest BCUT2D eigenvalue weighted by molar-refractivity contribution is 0.0901. The summed E-state index contributed by atoms with van der Waals surface area (Å²) in [6.45, 7) is 11.2. The SMILES string of the molecule is Cc1cc(C(=O)NCC(C)(C)CC(C)O)c(C)n1Cc1ccccc1. The molecule has 1 aromatic carbocycles. The first-order valence-corrected chi connectivity index (χ1v) is 8.86. The Hall–Kier alpha value is -2.07. The Balaban J connectivity index is 2.10. The molecule has 0 aliphatic heterocycles. The van der Waals surface area contributed by atoms with Gasteiger partial charge >= 0.3 is 0 Å². The summed E-state index contributed by atoms with van der Waals surface area (Å²) in [7, 11) is 0. The van der Waals surface area contributed by atoms with Gasteiger partial charge in [0.15, 0.2) is 0 Å². The lowest BCUT2D eigenvalue weighted by Gasteiger charge is -2.26. The topological polar surface area (TPSA) is 54.3 Å². The van der Waals surface area contributed by atoms with Crippen LogP contribution in [0.25, 0.3) is 0 Å². The van der Waals surface area contributed by atoms with Crippen molar-refractivity contribution in [3.05, 3.63) is 58.9 Å². The predicted molar refractivity (Wildman–Crippen MR) is 102 cm³/mol. The van der Waals surface area contributed by atoms with Gasteiger partial charge in [-0.15, -0.1) is 0 Å². The third kappa shape index (κ3) is 5.20. The quantitative estimate of drug-likeness (QED) is 0.806. The average molecular weight is 342 g/mol. The first kappa shape index (κ1) is 19.3. The number of amides is 1. The zero-order valence-electron chi connectivity index (χ0n) is 16.0. The Morgan fingerprint density at radius 3 is 2.48 bits per heavy atom. The fraction of sp³-hybridized carbons (Fsp3) is 0.476. The van der Waals surface area contributed by atoms with Crippen LogP contribution in [-0.2, 0) is 6.54 Å². The summed E-state index contributed by atoms with van der Waals surface area (Å²) in [6, 6.07) is 12.2. The molecule has 1 unspecified atom stereocenters. The largest absolute Gasteiger partial charge is 0.393 e. The zero-order valence-corrected chi connectivity index (χ0v) is 16.0. The predicted octanol–water partition coefficient (Wildman–Crippen LogP) is 3.68. The Bertz CT molecular complexity index is 715. The van der Waals surface area contributed by atoms with Gasteiger partial charge in [-0.1, -0.05) is 44.2 Å². The monoisotopic (exact) mass is 342 g/mol. The van der Waals surface area contributed by atoms with E-state index in [4.69, 9.17) is 0 Å². The van der Waals surface area contributed by atoms with Crippen LogP contribution < -0.4 is 5.32 Å². The second-order valence-corrected chi connectivity index (χ2v) is 7.76. The molecule has 1 atom stereocenters. The Kier molecular flexibility index (Phi) is 6.07. The van der Waals surface area contributed by atoms with Crippen LogP contribution in [0.2, 0.25) is 0 Å². The highest BCUT2D eigenvalue weighted by Crippen LogP contribution is 2.22.